The number of aromatic nitrogens is 3. The van der Waals surface area contributed by atoms with Gasteiger partial charge in [0.15, 0.2) is 0 Å². The van der Waals surface area contributed by atoms with Gasteiger partial charge in [-0.2, -0.15) is 4.37 Å². The van der Waals surface area contributed by atoms with Crippen LogP contribution in [0.4, 0.5) is 10.8 Å². The lowest BCUT2D eigenvalue weighted by molar-refractivity contribution is 0.0747. The van der Waals surface area contributed by atoms with Crippen LogP contribution in [-0.2, 0) is 0 Å². The standard InChI is InChI=1S/C15H20N6OS/c1-11-17-15(23-18-11)21-8-6-20(7-9-21)14(22)12-10-16-5-4-13(12)19(2)3/h4-5,10H,6-9H2,1-3H3. The summed E-state index contributed by atoms with van der Waals surface area (Å²) in [6, 6.07) is 1.87. The zero-order valence-corrected chi connectivity index (χ0v) is 14.4. The monoisotopic (exact) mass is 332 g/mol. The number of hydrogen-bond donors (Lipinski definition) is 0. The molecule has 8 heteroatoms. The van der Waals surface area contributed by atoms with Crippen molar-refractivity contribution in [2.75, 3.05) is 50.1 Å². The normalized spacial score (nSPS) is 14.9. The van der Waals surface area contributed by atoms with Crippen molar-refractivity contribution in [1.29, 1.82) is 0 Å². The van der Waals surface area contributed by atoms with Crippen LogP contribution in [0.15, 0.2) is 18.5 Å². The molecule has 3 rings (SSSR count). The number of aryl methyl sites for hydroxylation is 1. The number of piperazine rings is 1. The summed E-state index contributed by atoms with van der Waals surface area (Å²) in [5, 5.41) is 0.935. The zero-order valence-electron chi connectivity index (χ0n) is 13.6. The first kappa shape index (κ1) is 15.7. The Balaban J connectivity index is 1.69. The minimum Gasteiger partial charge on any atom is -0.377 e. The maximum atomic E-state index is 12.8. The molecule has 0 aromatic carbocycles. The summed E-state index contributed by atoms with van der Waals surface area (Å²) < 4.78 is 4.22. The molecule has 1 aliphatic heterocycles. The van der Waals surface area contributed by atoms with E-state index in [0.717, 1.165) is 29.7 Å². The molecule has 0 saturated carbocycles. The number of hydrogen-bond acceptors (Lipinski definition) is 7. The number of rotatable bonds is 3. The fourth-order valence-electron chi connectivity index (χ4n) is 2.63. The highest BCUT2D eigenvalue weighted by molar-refractivity contribution is 7.09. The van der Waals surface area contributed by atoms with E-state index in [4.69, 9.17) is 0 Å². The molecule has 0 N–H and O–H groups in total. The quantitative estimate of drug-likeness (QED) is 0.843. The summed E-state index contributed by atoms with van der Waals surface area (Å²) in [6.07, 6.45) is 3.36. The van der Waals surface area contributed by atoms with Crippen molar-refractivity contribution < 1.29 is 4.79 Å². The van der Waals surface area contributed by atoms with Crippen LogP contribution in [0, 0.1) is 6.92 Å². The second-order valence-corrected chi connectivity index (χ2v) is 6.42. The van der Waals surface area contributed by atoms with Crippen LogP contribution in [0.5, 0.6) is 0 Å². The van der Waals surface area contributed by atoms with Gasteiger partial charge in [-0.3, -0.25) is 9.78 Å². The average molecular weight is 332 g/mol. The Morgan fingerprint density at radius 1 is 1.26 bits per heavy atom. The average Bonchev–Trinajstić information content (AvgIpc) is 3.01. The first-order chi connectivity index (χ1) is 11.1. The zero-order chi connectivity index (χ0) is 16.4. The maximum absolute atomic E-state index is 12.8. The van der Waals surface area contributed by atoms with Crippen LogP contribution in [-0.4, -0.2) is 65.4 Å². The van der Waals surface area contributed by atoms with E-state index in [9.17, 15) is 4.79 Å². The second kappa shape index (κ2) is 6.49. The molecule has 0 bridgehead atoms. The summed E-state index contributed by atoms with van der Waals surface area (Å²) in [7, 11) is 3.86. The smallest absolute Gasteiger partial charge is 0.257 e. The van der Waals surface area contributed by atoms with Gasteiger partial charge in [0.1, 0.15) is 5.82 Å². The van der Waals surface area contributed by atoms with Crippen LogP contribution in [0.1, 0.15) is 16.2 Å². The molecule has 0 spiro atoms. The molecule has 2 aromatic heterocycles. The molecule has 0 unspecified atom stereocenters. The molecule has 23 heavy (non-hydrogen) atoms. The van der Waals surface area contributed by atoms with Gasteiger partial charge in [0.05, 0.1) is 11.3 Å². The second-order valence-electron chi connectivity index (χ2n) is 5.69. The van der Waals surface area contributed by atoms with Crippen molar-refractivity contribution in [3.63, 3.8) is 0 Å². The minimum absolute atomic E-state index is 0.0369. The fourth-order valence-corrected chi connectivity index (χ4v) is 3.35. The lowest BCUT2D eigenvalue weighted by Gasteiger charge is -2.34. The van der Waals surface area contributed by atoms with Crippen molar-refractivity contribution in [3.8, 4) is 0 Å². The van der Waals surface area contributed by atoms with E-state index in [1.165, 1.54) is 11.5 Å². The van der Waals surface area contributed by atoms with E-state index in [-0.39, 0.29) is 5.91 Å². The van der Waals surface area contributed by atoms with Crippen molar-refractivity contribution >= 4 is 28.3 Å². The molecule has 2 aromatic rings. The molecular formula is C15H20N6OS. The molecule has 1 amide bonds. The Kier molecular flexibility index (Phi) is 4.42. The molecule has 1 saturated heterocycles. The SMILES string of the molecule is Cc1nsc(N2CCN(C(=O)c3cnccc3N(C)C)CC2)n1. The number of pyridine rings is 1. The Morgan fingerprint density at radius 2 is 2.00 bits per heavy atom. The molecule has 3 heterocycles. The largest absolute Gasteiger partial charge is 0.377 e. The van der Waals surface area contributed by atoms with E-state index >= 15 is 0 Å². The molecule has 0 aliphatic carbocycles. The van der Waals surface area contributed by atoms with Gasteiger partial charge in [0, 0.05) is 64.2 Å². The van der Waals surface area contributed by atoms with Gasteiger partial charge in [-0.25, -0.2) is 4.98 Å². The number of carbonyl (C=O) groups excluding carboxylic acids is 1. The third-order valence-electron chi connectivity index (χ3n) is 3.86. The third kappa shape index (κ3) is 3.26. The molecule has 1 aliphatic rings. The van der Waals surface area contributed by atoms with Gasteiger partial charge in [0.25, 0.3) is 5.91 Å². The molecular weight excluding hydrogens is 312 g/mol. The van der Waals surface area contributed by atoms with Crippen LogP contribution < -0.4 is 9.80 Å². The molecule has 122 valence electrons. The molecule has 1 fully saturated rings. The van der Waals surface area contributed by atoms with E-state index in [0.29, 0.717) is 18.7 Å². The number of anilines is 2. The van der Waals surface area contributed by atoms with Gasteiger partial charge >= 0.3 is 0 Å². The lowest BCUT2D eigenvalue weighted by atomic mass is 10.2. The number of amides is 1. The van der Waals surface area contributed by atoms with E-state index in [1.54, 1.807) is 12.4 Å². The Morgan fingerprint density at radius 3 is 2.61 bits per heavy atom. The first-order valence-corrected chi connectivity index (χ1v) is 8.29. The summed E-state index contributed by atoms with van der Waals surface area (Å²) in [6.45, 7) is 4.80. The first-order valence-electron chi connectivity index (χ1n) is 7.52. The summed E-state index contributed by atoms with van der Waals surface area (Å²) in [4.78, 5) is 27.3. The Hall–Kier alpha value is -2.22. The van der Waals surface area contributed by atoms with Crippen molar-refractivity contribution in [2.24, 2.45) is 0 Å². The van der Waals surface area contributed by atoms with Crippen LogP contribution in [0.2, 0.25) is 0 Å². The fraction of sp³-hybridized carbons (Fsp3) is 0.467. The van der Waals surface area contributed by atoms with E-state index in [1.807, 2.05) is 36.9 Å². The third-order valence-corrected chi connectivity index (χ3v) is 4.73. The van der Waals surface area contributed by atoms with Crippen molar-refractivity contribution in [1.82, 2.24) is 19.2 Å². The summed E-state index contributed by atoms with van der Waals surface area (Å²) in [5.41, 5.74) is 1.55. The lowest BCUT2D eigenvalue weighted by Crippen LogP contribution is -2.49. The highest BCUT2D eigenvalue weighted by Crippen LogP contribution is 2.22. The van der Waals surface area contributed by atoms with Gasteiger partial charge < -0.3 is 14.7 Å². The van der Waals surface area contributed by atoms with E-state index < -0.39 is 0 Å². The number of carbonyl (C=O) groups is 1. The van der Waals surface area contributed by atoms with Crippen molar-refractivity contribution in [3.05, 3.63) is 29.8 Å². The van der Waals surface area contributed by atoms with Crippen LogP contribution in [0.3, 0.4) is 0 Å². The van der Waals surface area contributed by atoms with Gasteiger partial charge in [-0.05, 0) is 13.0 Å². The highest BCUT2D eigenvalue weighted by atomic mass is 32.1. The Labute approximate surface area is 139 Å². The van der Waals surface area contributed by atoms with Gasteiger partial charge in [-0.1, -0.05) is 0 Å². The highest BCUT2D eigenvalue weighted by Gasteiger charge is 2.25. The van der Waals surface area contributed by atoms with Crippen LogP contribution in [0.25, 0.3) is 0 Å². The summed E-state index contributed by atoms with van der Waals surface area (Å²) >= 11 is 1.41. The van der Waals surface area contributed by atoms with Crippen molar-refractivity contribution in [2.45, 2.75) is 6.92 Å². The predicted molar refractivity (Wildman–Crippen MR) is 91.3 cm³/mol. The van der Waals surface area contributed by atoms with E-state index in [2.05, 4.69) is 19.2 Å². The predicted octanol–water partition coefficient (Wildman–Crippen LogP) is 1.27. The topological polar surface area (TPSA) is 65.5 Å². The number of nitrogens with zero attached hydrogens (tertiary/aromatic N) is 6. The van der Waals surface area contributed by atoms with Crippen LogP contribution >= 0.6 is 11.5 Å². The Bertz CT molecular complexity index is 693. The van der Waals surface area contributed by atoms with Gasteiger partial charge in [0.2, 0.25) is 5.13 Å². The molecule has 0 radical (unpaired) electrons. The molecule has 7 nitrogen and oxygen atoms in total. The summed E-state index contributed by atoms with van der Waals surface area (Å²) in [5.74, 6) is 0.837. The van der Waals surface area contributed by atoms with Gasteiger partial charge in [-0.15, -0.1) is 0 Å². The maximum Gasteiger partial charge on any atom is 0.257 e. The minimum atomic E-state index is 0.0369. The molecule has 0 atom stereocenters.